The van der Waals surface area contributed by atoms with Crippen LogP contribution in [0.25, 0.3) is 0 Å². The molecule has 0 saturated carbocycles. The summed E-state index contributed by atoms with van der Waals surface area (Å²) >= 11 is 0. The molecule has 0 heterocycles. The van der Waals surface area contributed by atoms with Gasteiger partial charge in [-0.1, -0.05) is 71.4 Å². The summed E-state index contributed by atoms with van der Waals surface area (Å²) in [5, 5.41) is 0. The van der Waals surface area contributed by atoms with Crippen LogP contribution in [0.2, 0.25) is 0 Å². The average molecular weight is 297 g/mol. The lowest BCUT2D eigenvalue weighted by molar-refractivity contribution is -0.138. The minimum atomic E-state index is -0.481. The van der Waals surface area contributed by atoms with Crippen LogP contribution in [-0.2, 0) is 14.3 Å². The maximum Gasteiger partial charge on any atom is 0.310 e. The number of hydrogen-bond donors (Lipinski definition) is 1. The van der Waals surface area contributed by atoms with E-state index in [2.05, 4.69) is 30.6 Å². The number of esters is 1. The highest BCUT2D eigenvalue weighted by Crippen LogP contribution is 2.10. The van der Waals surface area contributed by atoms with Gasteiger partial charge in [-0.2, -0.15) is 0 Å². The monoisotopic (exact) mass is 297 g/mol. The molecule has 0 aromatic rings. The zero-order chi connectivity index (χ0) is 16.3. The molecule has 0 aliphatic rings. The molecule has 0 saturated heterocycles. The van der Waals surface area contributed by atoms with Gasteiger partial charge in [0.15, 0.2) is 0 Å². The summed E-state index contributed by atoms with van der Waals surface area (Å²) < 4.78 is 4.64. The van der Waals surface area contributed by atoms with Crippen LogP contribution in [0.3, 0.4) is 0 Å². The molecular weight excluding hydrogens is 266 g/mol. The Bertz CT molecular complexity index is 288. The van der Waals surface area contributed by atoms with Crippen molar-refractivity contribution in [2.45, 2.75) is 71.1 Å². The van der Waals surface area contributed by atoms with E-state index in [1.807, 2.05) is 0 Å². The number of unbranched alkanes of at least 4 members (excludes halogenated alkanes) is 8. The Hall–Kier alpha value is -1.58. The lowest BCUT2D eigenvalue weighted by atomic mass is 10.1. The molecule has 0 aliphatic heterocycles. The van der Waals surface area contributed by atoms with E-state index >= 15 is 0 Å². The van der Waals surface area contributed by atoms with Crippen molar-refractivity contribution < 1.29 is 14.3 Å². The molecule has 4 heteroatoms. The van der Waals surface area contributed by atoms with Crippen molar-refractivity contribution in [2.75, 3.05) is 0 Å². The van der Waals surface area contributed by atoms with Gasteiger partial charge in [0.25, 0.3) is 0 Å². The largest absolute Gasteiger partial charge is 0.435 e. The van der Waals surface area contributed by atoms with E-state index in [-0.39, 0.29) is 5.97 Å². The van der Waals surface area contributed by atoms with Gasteiger partial charge in [-0.05, 0) is 12.5 Å². The summed E-state index contributed by atoms with van der Waals surface area (Å²) in [5.41, 5.74) is 4.53. The van der Waals surface area contributed by atoms with Crippen LogP contribution in [0.4, 0.5) is 0 Å². The first kappa shape index (κ1) is 21.7. The van der Waals surface area contributed by atoms with Gasteiger partial charge in [0, 0.05) is 6.42 Å². The molecule has 2 N–H and O–H groups in total. The molecule has 1 amide bonds. The van der Waals surface area contributed by atoms with E-state index < -0.39 is 5.91 Å². The van der Waals surface area contributed by atoms with Crippen molar-refractivity contribution >= 4 is 11.9 Å². The first-order valence-corrected chi connectivity index (χ1v) is 7.80. The molecule has 21 heavy (non-hydrogen) atoms. The second-order valence-corrected chi connectivity index (χ2v) is 4.84. The number of ether oxygens (including phenoxy) is 1. The van der Waals surface area contributed by atoms with Gasteiger partial charge in [-0.25, -0.2) is 0 Å². The fourth-order valence-electron chi connectivity index (χ4n) is 1.73. The number of carbonyl (C=O) groups excluding carboxylic acids is 2. The molecule has 4 nitrogen and oxygen atoms in total. The third-order valence-corrected chi connectivity index (χ3v) is 2.90. The van der Waals surface area contributed by atoms with Crippen molar-refractivity contribution in [3.63, 3.8) is 0 Å². The molecule has 0 aromatic carbocycles. The molecule has 0 radical (unpaired) electrons. The number of amides is 1. The highest BCUT2D eigenvalue weighted by molar-refractivity contribution is 5.84. The predicted octanol–water partition coefficient (Wildman–Crippen LogP) is 4.25. The van der Waals surface area contributed by atoms with Crippen LogP contribution >= 0.6 is 0 Å². The third kappa shape index (κ3) is 23.9. The summed E-state index contributed by atoms with van der Waals surface area (Å²) in [6.07, 6.45) is 14.2. The Morgan fingerprint density at radius 2 is 1.38 bits per heavy atom. The zero-order valence-corrected chi connectivity index (χ0v) is 13.4. The Labute approximate surface area is 129 Å². The van der Waals surface area contributed by atoms with Crippen molar-refractivity contribution in [1.29, 1.82) is 0 Å². The van der Waals surface area contributed by atoms with E-state index in [0.717, 1.165) is 18.9 Å². The SMILES string of the molecule is C=CC(N)=O.C=COC(=O)CCCCCCCCCCC. The average Bonchev–Trinajstić information content (AvgIpc) is 2.46. The number of carbonyl (C=O) groups is 2. The van der Waals surface area contributed by atoms with Gasteiger partial charge in [0.2, 0.25) is 5.91 Å². The molecule has 0 bridgehead atoms. The highest BCUT2D eigenvalue weighted by atomic mass is 16.5. The lowest BCUT2D eigenvalue weighted by Crippen LogP contribution is -2.04. The minimum absolute atomic E-state index is 0.155. The quantitative estimate of drug-likeness (QED) is 0.253. The summed E-state index contributed by atoms with van der Waals surface area (Å²) in [6.45, 7) is 8.67. The Kier molecular flexibility index (Phi) is 19.0. The summed E-state index contributed by atoms with van der Waals surface area (Å²) in [6, 6.07) is 0. The lowest BCUT2D eigenvalue weighted by Gasteiger charge is -2.01. The number of primary amides is 1. The zero-order valence-electron chi connectivity index (χ0n) is 13.4. The predicted molar refractivity (Wildman–Crippen MR) is 87.5 cm³/mol. The highest BCUT2D eigenvalue weighted by Gasteiger charge is 1.99. The van der Waals surface area contributed by atoms with Crippen LogP contribution in [0.15, 0.2) is 25.5 Å². The fourth-order valence-corrected chi connectivity index (χ4v) is 1.73. The molecule has 0 rings (SSSR count). The third-order valence-electron chi connectivity index (χ3n) is 2.90. The Balaban J connectivity index is 0. The molecule has 122 valence electrons. The standard InChI is InChI=1S/C14H26O2.C3H5NO/c1-3-5-6-7-8-9-10-11-12-13-14(15)16-4-2;1-2-3(4)5/h4H,2-3,5-13H2,1H3;2H,1H2,(H2,4,5). The van der Waals surface area contributed by atoms with Gasteiger partial charge in [0.1, 0.15) is 0 Å². The molecule has 0 aromatic heterocycles. The second-order valence-electron chi connectivity index (χ2n) is 4.84. The van der Waals surface area contributed by atoms with Crippen molar-refractivity contribution in [3.8, 4) is 0 Å². The van der Waals surface area contributed by atoms with Crippen LogP contribution in [0.5, 0.6) is 0 Å². The van der Waals surface area contributed by atoms with E-state index in [1.54, 1.807) is 0 Å². The first-order valence-electron chi connectivity index (χ1n) is 7.80. The van der Waals surface area contributed by atoms with Gasteiger partial charge in [-0.3, -0.25) is 9.59 Å². The van der Waals surface area contributed by atoms with Crippen LogP contribution < -0.4 is 5.73 Å². The van der Waals surface area contributed by atoms with Gasteiger partial charge < -0.3 is 10.5 Å². The number of rotatable bonds is 12. The van der Waals surface area contributed by atoms with Gasteiger partial charge >= 0.3 is 5.97 Å². The normalized spacial score (nSPS) is 9.19. The number of nitrogens with two attached hydrogens (primary N) is 1. The van der Waals surface area contributed by atoms with Gasteiger partial charge in [-0.15, -0.1) is 0 Å². The summed E-state index contributed by atoms with van der Waals surface area (Å²) in [7, 11) is 0. The van der Waals surface area contributed by atoms with E-state index in [4.69, 9.17) is 0 Å². The topological polar surface area (TPSA) is 69.4 Å². The molecule has 0 spiro atoms. The molecule has 0 atom stereocenters. The van der Waals surface area contributed by atoms with Crippen molar-refractivity contribution in [1.82, 2.24) is 0 Å². The fraction of sp³-hybridized carbons (Fsp3) is 0.647. The summed E-state index contributed by atoms with van der Waals surface area (Å²) in [4.78, 5) is 20.4. The van der Waals surface area contributed by atoms with Crippen molar-refractivity contribution in [3.05, 3.63) is 25.5 Å². The van der Waals surface area contributed by atoms with E-state index in [9.17, 15) is 9.59 Å². The molecular formula is C17H31NO3. The smallest absolute Gasteiger partial charge is 0.310 e. The van der Waals surface area contributed by atoms with Crippen LogP contribution in [-0.4, -0.2) is 11.9 Å². The molecule has 0 unspecified atom stereocenters. The van der Waals surface area contributed by atoms with E-state index in [0.29, 0.717) is 6.42 Å². The molecule has 0 aliphatic carbocycles. The Morgan fingerprint density at radius 3 is 1.76 bits per heavy atom. The first-order chi connectivity index (χ1) is 10.1. The minimum Gasteiger partial charge on any atom is -0.435 e. The summed E-state index contributed by atoms with van der Waals surface area (Å²) in [5.74, 6) is -0.636. The Morgan fingerprint density at radius 1 is 0.952 bits per heavy atom. The van der Waals surface area contributed by atoms with Crippen LogP contribution in [0, 0.1) is 0 Å². The maximum absolute atomic E-state index is 11.0. The van der Waals surface area contributed by atoms with Crippen molar-refractivity contribution in [2.24, 2.45) is 5.73 Å². The second kappa shape index (κ2) is 18.4. The molecule has 0 fully saturated rings. The van der Waals surface area contributed by atoms with Crippen LogP contribution in [0.1, 0.15) is 71.1 Å². The van der Waals surface area contributed by atoms with Gasteiger partial charge in [0.05, 0.1) is 6.26 Å². The van der Waals surface area contributed by atoms with E-state index in [1.165, 1.54) is 51.2 Å². The number of hydrogen-bond acceptors (Lipinski definition) is 3. The maximum atomic E-state index is 11.0.